The minimum atomic E-state index is 0.712. The fourth-order valence-corrected chi connectivity index (χ4v) is 6.57. The number of hydrogen-bond acceptors (Lipinski definition) is 1. The minimum absolute atomic E-state index is 0.712. The summed E-state index contributed by atoms with van der Waals surface area (Å²) >= 11 is 0. The lowest BCUT2D eigenvalue weighted by molar-refractivity contribution is 0.536. The average molecular weight is 504 g/mol. The molecule has 1 unspecified atom stereocenters. The molecule has 0 saturated heterocycles. The summed E-state index contributed by atoms with van der Waals surface area (Å²) in [4.78, 5) is 0. The molecule has 0 spiro atoms. The summed E-state index contributed by atoms with van der Waals surface area (Å²) < 4.78 is 8.95. The van der Waals surface area contributed by atoms with Gasteiger partial charge in [-0.25, -0.2) is 0 Å². The lowest BCUT2D eigenvalue weighted by atomic mass is 9.85. The van der Waals surface area contributed by atoms with Gasteiger partial charge in [0.25, 0.3) is 0 Å². The van der Waals surface area contributed by atoms with Crippen LogP contribution in [0.4, 0.5) is 0 Å². The second-order valence-electron chi connectivity index (χ2n) is 11.0. The number of fused-ring (bicyclic) bond motifs is 7. The highest BCUT2D eigenvalue weighted by Gasteiger charge is 2.20. The van der Waals surface area contributed by atoms with E-state index < -0.39 is 0 Å². The van der Waals surface area contributed by atoms with Crippen LogP contribution in [0, 0.1) is 5.92 Å². The molecule has 2 heteroatoms. The van der Waals surface area contributed by atoms with E-state index in [0.29, 0.717) is 5.92 Å². The van der Waals surface area contributed by atoms with Crippen molar-refractivity contribution in [3.8, 4) is 16.8 Å². The molecular formula is C37H29NO. The van der Waals surface area contributed by atoms with E-state index in [1.165, 1.54) is 61.6 Å². The lowest BCUT2D eigenvalue weighted by Gasteiger charge is -2.21. The van der Waals surface area contributed by atoms with E-state index in [-0.39, 0.29) is 0 Å². The third-order valence-electron chi connectivity index (χ3n) is 8.45. The molecular weight excluding hydrogens is 474 g/mol. The van der Waals surface area contributed by atoms with Gasteiger partial charge in [-0.1, -0.05) is 79.7 Å². The Kier molecular flexibility index (Phi) is 5.03. The van der Waals surface area contributed by atoms with E-state index >= 15 is 0 Å². The maximum atomic E-state index is 6.52. The molecule has 2 aromatic heterocycles. The molecule has 5 aromatic carbocycles. The average Bonchev–Trinajstić information content (AvgIpc) is 3.53. The number of nitrogens with zero attached hydrogens (tertiary/aromatic N) is 1. The molecule has 0 radical (unpaired) electrons. The smallest absolute Gasteiger partial charge is 0.145 e. The molecule has 2 heterocycles. The van der Waals surface area contributed by atoms with Crippen LogP contribution in [-0.4, -0.2) is 4.57 Å². The van der Waals surface area contributed by atoms with Crippen molar-refractivity contribution in [2.45, 2.75) is 26.2 Å². The van der Waals surface area contributed by atoms with Crippen molar-refractivity contribution in [3.05, 3.63) is 121 Å². The van der Waals surface area contributed by atoms with Crippen molar-refractivity contribution in [2.75, 3.05) is 0 Å². The molecule has 0 saturated carbocycles. The predicted molar refractivity (Wildman–Crippen MR) is 164 cm³/mol. The molecule has 2 nitrogen and oxygen atoms in total. The highest BCUT2D eigenvalue weighted by atomic mass is 16.3. The number of benzene rings is 5. The van der Waals surface area contributed by atoms with Gasteiger partial charge in [0.1, 0.15) is 11.2 Å². The van der Waals surface area contributed by atoms with Crippen LogP contribution in [-0.2, 0) is 0 Å². The van der Waals surface area contributed by atoms with Gasteiger partial charge >= 0.3 is 0 Å². The molecule has 0 fully saturated rings. The topological polar surface area (TPSA) is 18.1 Å². The fourth-order valence-electron chi connectivity index (χ4n) is 6.57. The zero-order valence-electron chi connectivity index (χ0n) is 22.0. The molecule has 0 amide bonds. The normalized spacial score (nSPS) is 15.9. The van der Waals surface area contributed by atoms with Crippen molar-refractivity contribution in [1.82, 2.24) is 4.57 Å². The van der Waals surface area contributed by atoms with Gasteiger partial charge in [-0.3, -0.25) is 0 Å². The largest absolute Gasteiger partial charge is 0.455 e. The van der Waals surface area contributed by atoms with E-state index in [1.807, 2.05) is 6.07 Å². The van der Waals surface area contributed by atoms with Crippen molar-refractivity contribution in [1.29, 1.82) is 0 Å². The maximum Gasteiger partial charge on any atom is 0.145 e. The molecule has 188 valence electrons. The van der Waals surface area contributed by atoms with Gasteiger partial charge in [-0.05, 0) is 89.9 Å². The Bertz CT molecular complexity index is 2050. The van der Waals surface area contributed by atoms with E-state index in [1.54, 1.807) is 0 Å². The molecule has 7 aromatic rings. The van der Waals surface area contributed by atoms with Crippen LogP contribution < -0.4 is 0 Å². The first-order valence-electron chi connectivity index (χ1n) is 14.0. The zero-order valence-corrected chi connectivity index (χ0v) is 22.0. The number of aromatic nitrogens is 1. The summed E-state index contributed by atoms with van der Waals surface area (Å²) in [5.41, 5.74) is 10.7. The van der Waals surface area contributed by atoms with E-state index in [2.05, 4.69) is 121 Å². The van der Waals surface area contributed by atoms with Crippen LogP contribution in [0.2, 0.25) is 0 Å². The van der Waals surface area contributed by atoms with Crippen molar-refractivity contribution >= 4 is 49.3 Å². The quantitative estimate of drug-likeness (QED) is 0.234. The summed E-state index contributed by atoms with van der Waals surface area (Å²) in [7, 11) is 0. The van der Waals surface area contributed by atoms with Gasteiger partial charge in [0.05, 0.1) is 16.4 Å². The first kappa shape index (κ1) is 22.4. The Morgan fingerprint density at radius 1 is 0.667 bits per heavy atom. The zero-order chi connectivity index (χ0) is 25.9. The summed E-state index contributed by atoms with van der Waals surface area (Å²) in [6, 6.07) is 39.5. The number of rotatable bonds is 3. The Hall–Kier alpha value is -4.56. The van der Waals surface area contributed by atoms with Gasteiger partial charge in [0.15, 0.2) is 0 Å². The maximum absolute atomic E-state index is 6.52. The Morgan fingerprint density at radius 3 is 2.31 bits per heavy atom. The van der Waals surface area contributed by atoms with E-state index in [9.17, 15) is 0 Å². The first-order chi connectivity index (χ1) is 19.2. The summed E-state index contributed by atoms with van der Waals surface area (Å²) in [6.07, 6.45) is 6.01. The molecule has 8 rings (SSSR count). The van der Waals surface area contributed by atoms with Crippen molar-refractivity contribution in [2.24, 2.45) is 5.92 Å². The number of hydrogen-bond donors (Lipinski definition) is 0. The minimum Gasteiger partial charge on any atom is -0.455 e. The lowest BCUT2D eigenvalue weighted by Crippen LogP contribution is -2.03. The monoisotopic (exact) mass is 503 g/mol. The van der Waals surface area contributed by atoms with Gasteiger partial charge in [-0.2, -0.15) is 0 Å². The van der Waals surface area contributed by atoms with Crippen LogP contribution in [0.15, 0.2) is 120 Å². The number of para-hydroxylation sites is 2. The Balaban J connectivity index is 1.46. The van der Waals surface area contributed by atoms with Gasteiger partial charge in [0.2, 0.25) is 0 Å². The van der Waals surface area contributed by atoms with Crippen molar-refractivity contribution < 1.29 is 4.42 Å². The highest BCUT2D eigenvalue weighted by molar-refractivity contribution is 6.23. The molecule has 39 heavy (non-hydrogen) atoms. The Labute approximate surface area is 227 Å². The molecule has 0 aliphatic heterocycles. The van der Waals surface area contributed by atoms with Crippen LogP contribution in [0.5, 0.6) is 0 Å². The van der Waals surface area contributed by atoms with Gasteiger partial charge < -0.3 is 8.98 Å². The summed E-state index contributed by atoms with van der Waals surface area (Å²) in [6.45, 7) is 2.38. The third-order valence-corrected chi connectivity index (χ3v) is 8.45. The number of allylic oxidation sites excluding steroid dienone is 2. The van der Waals surface area contributed by atoms with Gasteiger partial charge in [-0.15, -0.1) is 0 Å². The first-order valence-corrected chi connectivity index (χ1v) is 14.0. The fraction of sp³-hybridized carbons (Fsp3) is 0.135. The van der Waals surface area contributed by atoms with E-state index in [4.69, 9.17) is 4.42 Å². The number of furan rings is 1. The van der Waals surface area contributed by atoms with Crippen LogP contribution in [0.3, 0.4) is 0 Å². The molecule has 1 aliphatic rings. The second-order valence-corrected chi connectivity index (χ2v) is 11.0. The molecule has 0 N–H and O–H groups in total. The molecule has 1 atom stereocenters. The Morgan fingerprint density at radius 2 is 1.44 bits per heavy atom. The SMILES string of the molecule is CC1CCC=C(c2cc(-c3ccccc3)cc(-n3c4ccccc4c4c5oc6ccccc6c5ccc43)c2)C1. The van der Waals surface area contributed by atoms with Crippen LogP contribution >= 0.6 is 0 Å². The molecule has 1 aliphatic carbocycles. The van der Waals surface area contributed by atoms with Crippen molar-refractivity contribution in [3.63, 3.8) is 0 Å². The highest BCUT2D eigenvalue weighted by Crippen LogP contribution is 2.42. The summed E-state index contributed by atoms with van der Waals surface area (Å²) in [5.74, 6) is 0.712. The van der Waals surface area contributed by atoms with Crippen LogP contribution in [0.25, 0.3) is 66.1 Å². The summed E-state index contributed by atoms with van der Waals surface area (Å²) in [5, 5.41) is 4.73. The standard InChI is InChI=1S/C37H29NO/c1-24-10-9-13-26(20-24)28-21-27(25-11-3-2-4-12-25)22-29(23-28)38-33-16-7-5-15-32(33)36-34(38)19-18-31-30-14-6-8-17-35(30)39-37(31)36/h2-8,11-19,21-24H,9-10,20H2,1H3. The third kappa shape index (κ3) is 3.55. The molecule has 0 bridgehead atoms. The van der Waals surface area contributed by atoms with E-state index in [0.717, 1.165) is 29.4 Å². The van der Waals surface area contributed by atoms with Gasteiger partial charge in [0, 0.05) is 21.8 Å². The predicted octanol–water partition coefficient (Wildman–Crippen LogP) is 10.6. The van der Waals surface area contributed by atoms with Crippen LogP contribution in [0.1, 0.15) is 31.7 Å². The second kappa shape index (κ2) is 8.74.